The summed E-state index contributed by atoms with van der Waals surface area (Å²) in [7, 11) is 1.16. The molecule has 0 saturated heterocycles. The molecule has 0 aliphatic rings. The second-order valence-corrected chi connectivity index (χ2v) is 4.75. The number of hydrogen-bond acceptors (Lipinski definition) is 4. The second-order valence-electron chi connectivity index (χ2n) is 4.00. The number of hydrogen-bond donors (Lipinski definition) is 0. The number of carbonyl (C=O) groups excluding carboxylic acids is 2. The van der Waals surface area contributed by atoms with Crippen LogP contribution < -0.4 is 0 Å². The summed E-state index contributed by atoms with van der Waals surface area (Å²) in [4.78, 5) is 20.8. The van der Waals surface area contributed by atoms with Crippen molar-refractivity contribution in [1.29, 1.82) is 0 Å². The van der Waals surface area contributed by atoms with Gasteiger partial charge in [0.1, 0.15) is 5.60 Å². The number of esters is 2. The van der Waals surface area contributed by atoms with Gasteiger partial charge in [-0.3, -0.25) is 0 Å². The van der Waals surface area contributed by atoms with E-state index in [0.29, 0.717) is 0 Å². The Kier molecular flexibility index (Phi) is 3.94. The lowest BCUT2D eigenvalue weighted by Gasteiger charge is -2.25. The number of rotatable bonds is 2. The number of halogens is 1. The molecule has 0 heterocycles. The first-order valence-corrected chi connectivity index (χ1v) is 4.50. The first kappa shape index (κ1) is 13.2. The van der Waals surface area contributed by atoms with Gasteiger partial charge in [0.25, 0.3) is 0 Å². The molecule has 0 aromatic heterocycles. The fraction of sp³-hybridized carbons (Fsp3) is 0.778. The summed E-state index contributed by atoms with van der Waals surface area (Å²) in [5, 5.41) is 0. The van der Waals surface area contributed by atoms with Crippen molar-refractivity contribution in [2.24, 2.45) is 0 Å². The average molecular weight is 223 g/mol. The Bertz CT molecular complexity index is 240. The minimum atomic E-state index is -1.78. The van der Waals surface area contributed by atoms with Crippen molar-refractivity contribution >= 4 is 23.5 Å². The molecule has 0 unspecified atom stereocenters. The van der Waals surface area contributed by atoms with Gasteiger partial charge in [0.15, 0.2) is 0 Å². The third-order valence-electron chi connectivity index (χ3n) is 1.35. The van der Waals surface area contributed by atoms with Crippen molar-refractivity contribution < 1.29 is 19.1 Å². The van der Waals surface area contributed by atoms with Gasteiger partial charge in [0.2, 0.25) is 4.87 Å². The lowest BCUT2D eigenvalue weighted by molar-refractivity contribution is -0.164. The molecule has 0 saturated carbocycles. The van der Waals surface area contributed by atoms with Crippen LogP contribution in [0.5, 0.6) is 0 Å². The van der Waals surface area contributed by atoms with Crippen molar-refractivity contribution in [3.05, 3.63) is 0 Å². The minimum Gasteiger partial charge on any atom is -0.467 e. The van der Waals surface area contributed by atoms with E-state index < -0.39 is 22.4 Å². The fourth-order valence-electron chi connectivity index (χ4n) is 0.649. The third kappa shape index (κ3) is 3.54. The third-order valence-corrected chi connectivity index (χ3v) is 1.66. The summed E-state index contributed by atoms with van der Waals surface area (Å²) in [5.41, 5.74) is -0.679. The molecule has 0 aliphatic heterocycles. The SMILES string of the molecule is COC(=O)[C@@](C)(Cl)C(=O)OC(C)(C)C. The van der Waals surface area contributed by atoms with Gasteiger partial charge >= 0.3 is 11.9 Å². The van der Waals surface area contributed by atoms with Crippen LogP contribution >= 0.6 is 11.6 Å². The van der Waals surface area contributed by atoms with Gasteiger partial charge in [-0.1, -0.05) is 11.6 Å². The molecule has 1 atom stereocenters. The van der Waals surface area contributed by atoms with Crippen LogP contribution in [0.1, 0.15) is 27.7 Å². The predicted octanol–water partition coefficient (Wildman–Crippen LogP) is 1.50. The summed E-state index contributed by atoms with van der Waals surface area (Å²) >= 11 is 5.69. The summed E-state index contributed by atoms with van der Waals surface area (Å²) < 4.78 is 9.33. The van der Waals surface area contributed by atoms with Crippen LogP contribution in [0.25, 0.3) is 0 Å². The number of ether oxygens (including phenoxy) is 2. The normalized spacial score (nSPS) is 15.6. The molecule has 0 spiro atoms. The summed E-state index contributed by atoms with van der Waals surface area (Å²) in [6.45, 7) is 6.31. The predicted molar refractivity (Wildman–Crippen MR) is 52.1 cm³/mol. The van der Waals surface area contributed by atoms with E-state index in [1.54, 1.807) is 20.8 Å². The van der Waals surface area contributed by atoms with Gasteiger partial charge in [-0.25, -0.2) is 9.59 Å². The highest BCUT2D eigenvalue weighted by Gasteiger charge is 2.43. The van der Waals surface area contributed by atoms with E-state index in [9.17, 15) is 9.59 Å². The van der Waals surface area contributed by atoms with E-state index in [1.807, 2.05) is 0 Å². The molecular weight excluding hydrogens is 208 g/mol. The van der Waals surface area contributed by atoms with Crippen LogP contribution in [0.2, 0.25) is 0 Å². The van der Waals surface area contributed by atoms with Gasteiger partial charge in [-0.2, -0.15) is 0 Å². The molecule has 0 amide bonds. The molecule has 0 aliphatic carbocycles. The molecule has 0 N–H and O–H groups in total. The maximum Gasteiger partial charge on any atom is 0.339 e. The molecule has 0 aromatic rings. The van der Waals surface area contributed by atoms with Crippen molar-refractivity contribution in [3.63, 3.8) is 0 Å². The Labute approximate surface area is 88.5 Å². The maximum absolute atomic E-state index is 11.4. The fourth-order valence-corrected chi connectivity index (χ4v) is 0.765. The minimum absolute atomic E-state index is 0.679. The maximum atomic E-state index is 11.4. The van der Waals surface area contributed by atoms with E-state index >= 15 is 0 Å². The topological polar surface area (TPSA) is 52.6 Å². The molecule has 0 bridgehead atoms. The summed E-state index contributed by atoms with van der Waals surface area (Å²) in [6, 6.07) is 0. The van der Waals surface area contributed by atoms with Crippen LogP contribution in [-0.2, 0) is 19.1 Å². The highest BCUT2D eigenvalue weighted by atomic mass is 35.5. The van der Waals surface area contributed by atoms with E-state index in [0.717, 1.165) is 7.11 Å². The number of carbonyl (C=O) groups is 2. The van der Waals surface area contributed by atoms with Crippen molar-refractivity contribution in [2.45, 2.75) is 38.2 Å². The highest BCUT2D eigenvalue weighted by Crippen LogP contribution is 2.21. The second kappa shape index (κ2) is 4.17. The molecule has 82 valence electrons. The zero-order chi connectivity index (χ0) is 11.6. The van der Waals surface area contributed by atoms with Gasteiger partial charge in [-0.15, -0.1) is 0 Å². The summed E-state index contributed by atoms with van der Waals surface area (Å²) in [6.07, 6.45) is 0. The van der Waals surface area contributed by atoms with Crippen molar-refractivity contribution in [2.75, 3.05) is 7.11 Å². The molecule has 0 fully saturated rings. The van der Waals surface area contributed by atoms with E-state index in [-0.39, 0.29) is 0 Å². The van der Waals surface area contributed by atoms with E-state index in [1.165, 1.54) is 6.92 Å². The van der Waals surface area contributed by atoms with Crippen LogP contribution in [-0.4, -0.2) is 29.5 Å². The Balaban J connectivity index is 4.60. The molecule has 0 aromatic carbocycles. The average Bonchev–Trinajstić information content (AvgIpc) is 1.99. The zero-order valence-corrected chi connectivity index (χ0v) is 9.77. The monoisotopic (exact) mass is 222 g/mol. The Morgan fingerprint density at radius 2 is 1.50 bits per heavy atom. The van der Waals surface area contributed by atoms with Crippen LogP contribution in [0, 0.1) is 0 Å². The number of alkyl halides is 1. The Morgan fingerprint density at radius 1 is 1.07 bits per heavy atom. The van der Waals surface area contributed by atoms with Crippen molar-refractivity contribution in [3.8, 4) is 0 Å². The molecule has 0 rings (SSSR count). The van der Waals surface area contributed by atoms with Crippen LogP contribution in [0.15, 0.2) is 0 Å². The Hall–Kier alpha value is -0.770. The highest BCUT2D eigenvalue weighted by molar-refractivity contribution is 6.44. The van der Waals surface area contributed by atoms with Gasteiger partial charge in [0.05, 0.1) is 7.11 Å². The molecule has 0 radical (unpaired) electrons. The smallest absolute Gasteiger partial charge is 0.339 e. The lowest BCUT2D eigenvalue weighted by atomic mass is 10.1. The van der Waals surface area contributed by atoms with Crippen LogP contribution in [0.4, 0.5) is 0 Å². The van der Waals surface area contributed by atoms with Gasteiger partial charge in [-0.05, 0) is 27.7 Å². The quantitative estimate of drug-likeness (QED) is 0.404. The largest absolute Gasteiger partial charge is 0.467 e. The first-order valence-electron chi connectivity index (χ1n) is 4.12. The zero-order valence-electron chi connectivity index (χ0n) is 9.01. The molecule has 4 nitrogen and oxygen atoms in total. The van der Waals surface area contributed by atoms with E-state index in [4.69, 9.17) is 16.3 Å². The molecular formula is C9H15ClO4. The lowest BCUT2D eigenvalue weighted by Crippen LogP contribution is -2.43. The summed E-state index contributed by atoms with van der Waals surface area (Å²) in [5.74, 6) is -1.63. The van der Waals surface area contributed by atoms with E-state index in [2.05, 4.69) is 4.74 Å². The van der Waals surface area contributed by atoms with Crippen LogP contribution in [0.3, 0.4) is 0 Å². The molecule has 14 heavy (non-hydrogen) atoms. The molecule has 5 heteroatoms. The standard InChI is InChI=1S/C9H15ClO4/c1-8(2,3)14-7(12)9(4,10)6(11)13-5/h1-5H3/t9-/m1/s1. The Morgan fingerprint density at radius 3 is 1.79 bits per heavy atom. The number of methoxy groups -OCH3 is 1. The van der Waals surface area contributed by atoms with Crippen molar-refractivity contribution in [1.82, 2.24) is 0 Å². The van der Waals surface area contributed by atoms with Gasteiger partial charge < -0.3 is 9.47 Å². The first-order chi connectivity index (χ1) is 6.11. The van der Waals surface area contributed by atoms with Gasteiger partial charge in [0, 0.05) is 0 Å².